The molecule has 2 aromatic heterocycles. The van der Waals surface area contributed by atoms with Gasteiger partial charge in [-0.1, -0.05) is 60.7 Å². The lowest BCUT2D eigenvalue weighted by Gasteiger charge is -2.18. The van der Waals surface area contributed by atoms with E-state index in [-0.39, 0.29) is 12.3 Å². The van der Waals surface area contributed by atoms with Crippen LogP contribution in [0.25, 0.3) is 16.4 Å². The van der Waals surface area contributed by atoms with Gasteiger partial charge in [0.15, 0.2) is 17.1 Å². The fraction of sp³-hybridized carbons (Fsp3) is 0.148. The molecule has 5 rings (SSSR count). The number of hydrogen-bond acceptors (Lipinski definition) is 6. The smallest absolute Gasteiger partial charge is 0.360 e. The number of hydrogen-bond donors (Lipinski definition) is 0. The van der Waals surface area contributed by atoms with Gasteiger partial charge in [0.2, 0.25) is 0 Å². The third kappa shape index (κ3) is 3.71. The van der Waals surface area contributed by atoms with Gasteiger partial charge in [-0.15, -0.1) is 0 Å². The lowest BCUT2D eigenvalue weighted by atomic mass is 10.1. The Morgan fingerprint density at radius 2 is 1.65 bits per heavy atom. The minimum atomic E-state index is -0.568. The quantitative estimate of drug-likeness (QED) is 0.309. The second kappa shape index (κ2) is 8.86. The van der Waals surface area contributed by atoms with Crippen molar-refractivity contribution in [2.45, 2.75) is 20.5 Å². The van der Waals surface area contributed by atoms with Crippen LogP contribution >= 0.6 is 0 Å². The van der Waals surface area contributed by atoms with E-state index in [9.17, 15) is 4.79 Å². The molecule has 0 saturated heterocycles. The number of aromatic nitrogens is 3. The van der Waals surface area contributed by atoms with E-state index in [1.54, 1.807) is 0 Å². The molecule has 7 heteroatoms. The van der Waals surface area contributed by atoms with E-state index in [4.69, 9.17) is 14.2 Å². The second-order valence-corrected chi connectivity index (χ2v) is 7.94. The number of esters is 1. The average Bonchev–Trinajstić information content (AvgIpc) is 3.34. The van der Waals surface area contributed by atoms with Crippen molar-refractivity contribution in [3.05, 3.63) is 95.4 Å². The summed E-state index contributed by atoms with van der Waals surface area (Å²) in [4.78, 5) is 17.3. The van der Waals surface area contributed by atoms with Crippen LogP contribution in [-0.4, -0.2) is 27.7 Å². The first-order valence-corrected chi connectivity index (χ1v) is 10.9. The third-order valence-corrected chi connectivity index (χ3v) is 5.69. The molecule has 0 fully saturated rings. The van der Waals surface area contributed by atoms with Crippen molar-refractivity contribution in [3.8, 4) is 17.2 Å². The summed E-state index contributed by atoms with van der Waals surface area (Å²) in [6.45, 7) is 4.27. The van der Waals surface area contributed by atoms with Crippen LogP contribution in [0.2, 0.25) is 0 Å². The molecule has 0 atom stereocenters. The molecule has 0 bridgehead atoms. The highest BCUT2D eigenvalue weighted by molar-refractivity contribution is 6.08. The predicted octanol–water partition coefficient (Wildman–Crippen LogP) is 5.66. The maximum Gasteiger partial charge on any atom is 0.360 e. The molecular weight excluding hydrogens is 430 g/mol. The van der Waals surface area contributed by atoms with Crippen molar-refractivity contribution in [3.63, 3.8) is 0 Å². The van der Waals surface area contributed by atoms with E-state index in [1.807, 2.05) is 80.6 Å². The van der Waals surface area contributed by atoms with Crippen molar-refractivity contribution in [2.75, 3.05) is 7.11 Å². The first-order chi connectivity index (χ1) is 16.6. The van der Waals surface area contributed by atoms with Crippen molar-refractivity contribution in [2.24, 2.45) is 0 Å². The molecule has 0 amide bonds. The zero-order valence-electron chi connectivity index (χ0n) is 19.1. The van der Waals surface area contributed by atoms with Crippen LogP contribution in [0.15, 0.2) is 73.1 Å². The van der Waals surface area contributed by atoms with Gasteiger partial charge >= 0.3 is 5.97 Å². The number of aryl methyl sites for hydroxylation is 2. The molecule has 3 aromatic carbocycles. The molecule has 0 radical (unpaired) electrons. The van der Waals surface area contributed by atoms with Crippen LogP contribution < -0.4 is 9.47 Å². The number of para-hydroxylation sites is 1. The van der Waals surface area contributed by atoms with Crippen molar-refractivity contribution in [1.82, 2.24) is 14.6 Å². The van der Waals surface area contributed by atoms with Gasteiger partial charge < -0.3 is 14.2 Å². The van der Waals surface area contributed by atoms with Crippen LogP contribution in [0.1, 0.15) is 27.2 Å². The summed E-state index contributed by atoms with van der Waals surface area (Å²) in [6, 6.07) is 21.4. The molecule has 0 saturated carbocycles. The number of carbonyl (C=O) groups excluding carboxylic acids is 1. The molecule has 2 heterocycles. The van der Waals surface area contributed by atoms with E-state index in [2.05, 4.69) is 10.1 Å². The molecule has 7 nitrogen and oxygen atoms in total. The zero-order chi connectivity index (χ0) is 23.7. The van der Waals surface area contributed by atoms with Crippen LogP contribution in [-0.2, 0) is 11.3 Å². The minimum Gasteiger partial charge on any atom is -0.486 e. The summed E-state index contributed by atoms with van der Waals surface area (Å²) in [6.07, 6.45) is 1.40. The second-order valence-electron chi connectivity index (χ2n) is 7.94. The minimum absolute atomic E-state index is 0.169. The molecule has 5 aromatic rings. The lowest BCUT2D eigenvalue weighted by Crippen LogP contribution is -2.13. The van der Waals surface area contributed by atoms with Gasteiger partial charge in [0, 0.05) is 5.39 Å². The number of ether oxygens (including phenoxy) is 3. The summed E-state index contributed by atoms with van der Waals surface area (Å²) in [5.41, 5.74) is 3.64. The molecule has 34 heavy (non-hydrogen) atoms. The summed E-state index contributed by atoms with van der Waals surface area (Å²) in [7, 11) is 1.33. The normalized spacial score (nSPS) is 11.0. The van der Waals surface area contributed by atoms with E-state index < -0.39 is 5.97 Å². The highest BCUT2D eigenvalue weighted by Gasteiger charge is 2.26. The van der Waals surface area contributed by atoms with Crippen molar-refractivity contribution >= 4 is 22.4 Å². The van der Waals surface area contributed by atoms with Crippen LogP contribution in [0.3, 0.4) is 0 Å². The first kappa shape index (κ1) is 21.5. The predicted molar refractivity (Wildman–Crippen MR) is 129 cm³/mol. The number of pyridine rings is 1. The molecule has 0 N–H and O–H groups in total. The number of benzene rings is 3. The molecule has 0 aliphatic carbocycles. The summed E-state index contributed by atoms with van der Waals surface area (Å²) in [5.74, 6) is 1.16. The summed E-state index contributed by atoms with van der Waals surface area (Å²) in [5, 5.41) is 5.68. The van der Waals surface area contributed by atoms with E-state index in [0.29, 0.717) is 27.9 Å². The molecule has 0 spiro atoms. The Labute approximate surface area is 196 Å². The Bertz CT molecular complexity index is 1490. The largest absolute Gasteiger partial charge is 0.486 e. The Hall–Kier alpha value is -4.39. The van der Waals surface area contributed by atoms with Gasteiger partial charge in [-0.25, -0.2) is 14.3 Å². The molecule has 0 aliphatic heterocycles. The molecule has 0 unspecified atom stereocenters. The molecular formula is C27H23N3O4. The highest BCUT2D eigenvalue weighted by Crippen LogP contribution is 2.40. The summed E-state index contributed by atoms with van der Waals surface area (Å²) < 4.78 is 19.2. The number of methoxy groups -OCH3 is 1. The lowest BCUT2D eigenvalue weighted by molar-refractivity contribution is 0.0585. The van der Waals surface area contributed by atoms with E-state index in [0.717, 1.165) is 22.4 Å². The maximum absolute atomic E-state index is 12.8. The van der Waals surface area contributed by atoms with Crippen molar-refractivity contribution in [1.29, 1.82) is 0 Å². The summed E-state index contributed by atoms with van der Waals surface area (Å²) >= 11 is 0. The first-order valence-electron chi connectivity index (χ1n) is 10.9. The number of rotatable bonds is 6. The number of carbonyl (C=O) groups is 1. The molecule has 170 valence electrons. The van der Waals surface area contributed by atoms with Gasteiger partial charge in [-0.2, -0.15) is 5.10 Å². The zero-order valence-corrected chi connectivity index (χ0v) is 19.1. The number of fused-ring (bicyclic) bond motifs is 3. The fourth-order valence-corrected chi connectivity index (χ4v) is 4.06. The number of nitrogens with zero attached hydrogens (tertiary/aromatic N) is 3. The van der Waals surface area contributed by atoms with E-state index in [1.165, 1.54) is 18.0 Å². The topological polar surface area (TPSA) is 75.0 Å². The van der Waals surface area contributed by atoms with Crippen LogP contribution in [0.4, 0.5) is 0 Å². The Morgan fingerprint density at radius 1 is 0.912 bits per heavy atom. The van der Waals surface area contributed by atoms with Crippen LogP contribution in [0, 0.1) is 13.8 Å². The van der Waals surface area contributed by atoms with Crippen molar-refractivity contribution < 1.29 is 19.0 Å². The van der Waals surface area contributed by atoms with E-state index >= 15 is 0 Å². The van der Waals surface area contributed by atoms with Gasteiger partial charge in [0.25, 0.3) is 0 Å². The highest BCUT2D eigenvalue weighted by atomic mass is 16.5. The monoisotopic (exact) mass is 453 g/mol. The fourth-order valence-electron chi connectivity index (χ4n) is 4.06. The molecule has 0 aliphatic rings. The Balaban J connectivity index is 1.74. The standard InChI is InChI=1S/C27H23N3O4/c1-17-9-7-10-18(2)24(17)34-21-14-8-13-20-22(21)26-28-16-29-30(26)23(27(31)32-3)25(20)33-15-19-11-5-4-6-12-19/h4-14,16H,15H2,1-3H3. The van der Waals surface area contributed by atoms with Gasteiger partial charge in [0.1, 0.15) is 24.4 Å². The van der Waals surface area contributed by atoms with Crippen LogP contribution in [0.5, 0.6) is 17.2 Å². The van der Waals surface area contributed by atoms with Gasteiger partial charge in [-0.05, 0) is 36.6 Å². The SMILES string of the molecule is COC(=O)c1c(OCc2ccccc2)c2cccc(Oc3c(C)cccc3C)c2c2ncnn12. The Kier molecular flexibility index (Phi) is 5.59. The van der Waals surface area contributed by atoms with Gasteiger partial charge in [0.05, 0.1) is 12.5 Å². The third-order valence-electron chi connectivity index (χ3n) is 5.69. The average molecular weight is 453 g/mol. The Morgan fingerprint density at radius 3 is 2.38 bits per heavy atom. The van der Waals surface area contributed by atoms with Gasteiger partial charge in [-0.3, -0.25) is 0 Å². The maximum atomic E-state index is 12.8.